The summed E-state index contributed by atoms with van der Waals surface area (Å²) in [5, 5.41) is -0.383. The van der Waals surface area contributed by atoms with Gasteiger partial charge in [0.15, 0.2) is 0 Å². The van der Waals surface area contributed by atoms with E-state index in [1.54, 1.807) is 0 Å². The van der Waals surface area contributed by atoms with Crippen molar-refractivity contribution in [2.45, 2.75) is 38.7 Å². The Morgan fingerprint density at radius 2 is 1.92 bits per heavy atom. The molecule has 0 saturated heterocycles. The number of rotatable bonds is 2. The van der Waals surface area contributed by atoms with Gasteiger partial charge in [-0.2, -0.15) is 0 Å². The number of ether oxygens (including phenoxy) is 1. The summed E-state index contributed by atoms with van der Waals surface area (Å²) >= 11 is 5.40. The van der Waals surface area contributed by atoms with Crippen molar-refractivity contribution < 1.29 is 14.3 Å². The zero-order valence-electron chi connectivity index (χ0n) is 7.59. The predicted octanol–water partition coefficient (Wildman–Crippen LogP) is 1.87. The van der Waals surface area contributed by atoms with E-state index in [1.165, 1.54) is 6.92 Å². The van der Waals surface area contributed by atoms with Crippen molar-refractivity contribution in [1.29, 1.82) is 0 Å². The standard InChI is InChI=1S/C9H13ClO3/c1-6(11)13-8-5-3-2-4-7(8)9(10)12/h7-8H,2-5H2,1H3. The smallest absolute Gasteiger partial charge is 0.302 e. The molecule has 1 aliphatic carbocycles. The lowest BCUT2D eigenvalue weighted by Gasteiger charge is -2.27. The average molecular weight is 205 g/mol. The monoisotopic (exact) mass is 204 g/mol. The number of hydrogen-bond acceptors (Lipinski definition) is 3. The fraction of sp³-hybridized carbons (Fsp3) is 0.778. The molecule has 2 unspecified atom stereocenters. The van der Waals surface area contributed by atoms with E-state index in [2.05, 4.69) is 0 Å². The predicted molar refractivity (Wildman–Crippen MR) is 48.4 cm³/mol. The van der Waals surface area contributed by atoms with E-state index in [4.69, 9.17) is 16.3 Å². The van der Waals surface area contributed by atoms with Gasteiger partial charge in [0, 0.05) is 6.92 Å². The first-order chi connectivity index (χ1) is 6.11. The molecule has 3 nitrogen and oxygen atoms in total. The Bertz CT molecular complexity index is 215. The van der Waals surface area contributed by atoms with E-state index < -0.39 is 0 Å². The molecule has 1 saturated carbocycles. The number of carbonyl (C=O) groups excluding carboxylic acids is 2. The molecule has 2 atom stereocenters. The van der Waals surface area contributed by atoms with Crippen molar-refractivity contribution in [2.24, 2.45) is 5.92 Å². The maximum Gasteiger partial charge on any atom is 0.302 e. The van der Waals surface area contributed by atoms with Crippen LogP contribution in [0.1, 0.15) is 32.6 Å². The Morgan fingerprint density at radius 3 is 2.46 bits per heavy atom. The second-order valence-electron chi connectivity index (χ2n) is 3.34. The number of halogens is 1. The van der Waals surface area contributed by atoms with Gasteiger partial charge < -0.3 is 4.74 Å². The first-order valence-corrected chi connectivity index (χ1v) is 4.85. The highest BCUT2D eigenvalue weighted by molar-refractivity contribution is 6.64. The van der Waals surface area contributed by atoms with Crippen LogP contribution in [0.5, 0.6) is 0 Å². The van der Waals surface area contributed by atoms with E-state index in [9.17, 15) is 9.59 Å². The van der Waals surface area contributed by atoms with Crippen molar-refractivity contribution in [1.82, 2.24) is 0 Å². The summed E-state index contributed by atoms with van der Waals surface area (Å²) in [4.78, 5) is 21.7. The van der Waals surface area contributed by atoms with Gasteiger partial charge in [0.2, 0.25) is 5.24 Å². The molecule has 0 amide bonds. The number of esters is 1. The summed E-state index contributed by atoms with van der Waals surface area (Å²) in [5.41, 5.74) is 0. The molecule has 0 bridgehead atoms. The molecule has 0 heterocycles. The average Bonchev–Trinajstić information content (AvgIpc) is 2.03. The van der Waals surface area contributed by atoms with E-state index in [0.717, 1.165) is 25.7 Å². The van der Waals surface area contributed by atoms with Crippen LogP contribution in [-0.2, 0) is 14.3 Å². The lowest BCUT2D eigenvalue weighted by Crippen LogP contribution is -2.32. The Morgan fingerprint density at radius 1 is 1.31 bits per heavy atom. The quantitative estimate of drug-likeness (QED) is 0.510. The summed E-state index contributed by atoms with van der Waals surface area (Å²) < 4.78 is 5.02. The molecule has 1 fully saturated rings. The third kappa shape index (κ3) is 2.99. The molecule has 1 aliphatic rings. The minimum atomic E-state index is -0.383. The van der Waals surface area contributed by atoms with Crippen LogP contribution < -0.4 is 0 Å². The summed E-state index contributed by atoms with van der Waals surface area (Å²) in [6.07, 6.45) is 3.18. The van der Waals surface area contributed by atoms with Crippen LogP contribution in [-0.4, -0.2) is 17.3 Å². The van der Waals surface area contributed by atoms with Crippen LogP contribution in [0.3, 0.4) is 0 Å². The van der Waals surface area contributed by atoms with E-state index in [0.29, 0.717) is 0 Å². The lowest BCUT2D eigenvalue weighted by molar-refractivity contribution is -0.151. The zero-order valence-corrected chi connectivity index (χ0v) is 8.34. The first kappa shape index (κ1) is 10.5. The minimum absolute atomic E-state index is 0.292. The highest BCUT2D eigenvalue weighted by Crippen LogP contribution is 2.28. The number of hydrogen-bond donors (Lipinski definition) is 0. The van der Waals surface area contributed by atoms with E-state index in [1.807, 2.05) is 0 Å². The molecule has 1 rings (SSSR count). The maximum atomic E-state index is 11.0. The molecule has 0 aliphatic heterocycles. The SMILES string of the molecule is CC(=O)OC1CCCCC1C(=O)Cl. The van der Waals surface area contributed by atoms with Crippen LogP contribution in [0.4, 0.5) is 0 Å². The summed E-state index contributed by atoms with van der Waals surface area (Å²) in [6.45, 7) is 1.35. The Balaban J connectivity index is 2.56. The van der Waals surface area contributed by atoms with Crippen LogP contribution in [0, 0.1) is 5.92 Å². The van der Waals surface area contributed by atoms with Gasteiger partial charge in [-0.1, -0.05) is 6.42 Å². The van der Waals surface area contributed by atoms with Gasteiger partial charge in [-0.15, -0.1) is 0 Å². The molecular weight excluding hydrogens is 192 g/mol. The highest BCUT2D eigenvalue weighted by Gasteiger charge is 2.31. The molecule has 0 aromatic carbocycles. The van der Waals surface area contributed by atoms with E-state index in [-0.39, 0.29) is 23.2 Å². The minimum Gasteiger partial charge on any atom is -0.462 e. The van der Waals surface area contributed by atoms with Crippen LogP contribution in [0.2, 0.25) is 0 Å². The molecule has 0 spiro atoms. The van der Waals surface area contributed by atoms with Gasteiger partial charge in [-0.3, -0.25) is 9.59 Å². The maximum absolute atomic E-state index is 11.0. The first-order valence-electron chi connectivity index (χ1n) is 4.48. The molecule has 4 heteroatoms. The van der Waals surface area contributed by atoms with Crippen LogP contribution >= 0.6 is 11.6 Å². The summed E-state index contributed by atoms with van der Waals surface area (Å²) in [5.74, 6) is -0.630. The summed E-state index contributed by atoms with van der Waals surface area (Å²) in [6, 6.07) is 0. The van der Waals surface area contributed by atoms with Gasteiger partial charge in [0.05, 0.1) is 5.92 Å². The Hall–Kier alpha value is -0.570. The lowest BCUT2D eigenvalue weighted by atomic mass is 9.87. The molecule has 0 aromatic rings. The molecule has 0 N–H and O–H groups in total. The second kappa shape index (κ2) is 4.61. The van der Waals surface area contributed by atoms with Gasteiger partial charge in [0.1, 0.15) is 6.10 Å². The van der Waals surface area contributed by atoms with Crippen LogP contribution in [0.25, 0.3) is 0 Å². The van der Waals surface area contributed by atoms with Crippen molar-refractivity contribution in [3.63, 3.8) is 0 Å². The van der Waals surface area contributed by atoms with Gasteiger partial charge >= 0.3 is 5.97 Å². The van der Waals surface area contributed by atoms with Gasteiger partial charge in [-0.25, -0.2) is 0 Å². The molecular formula is C9H13ClO3. The number of carbonyl (C=O) groups is 2. The highest BCUT2D eigenvalue weighted by atomic mass is 35.5. The zero-order chi connectivity index (χ0) is 9.84. The topological polar surface area (TPSA) is 43.4 Å². The molecule has 0 radical (unpaired) electrons. The molecule has 74 valence electrons. The van der Waals surface area contributed by atoms with Crippen molar-refractivity contribution >= 4 is 22.8 Å². The third-order valence-corrected chi connectivity index (χ3v) is 2.59. The summed E-state index contributed by atoms with van der Waals surface area (Å²) in [7, 11) is 0. The van der Waals surface area contributed by atoms with Crippen molar-refractivity contribution in [3.05, 3.63) is 0 Å². The van der Waals surface area contributed by atoms with Crippen molar-refractivity contribution in [2.75, 3.05) is 0 Å². The Labute approximate surface area is 82.4 Å². The third-order valence-electron chi connectivity index (χ3n) is 2.31. The van der Waals surface area contributed by atoms with Crippen LogP contribution in [0.15, 0.2) is 0 Å². The fourth-order valence-corrected chi connectivity index (χ4v) is 1.96. The second-order valence-corrected chi connectivity index (χ2v) is 3.72. The molecule has 13 heavy (non-hydrogen) atoms. The van der Waals surface area contributed by atoms with Crippen molar-refractivity contribution in [3.8, 4) is 0 Å². The van der Waals surface area contributed by atoms with Gasteiger partial charge in [-0.05, 0) is 30.9 Å². The van der Waals surface area contributed by atoms with Gasteiger partial charge in [0.25, 0.3) is 0 Å². The molecule has 0 aromatic heterocycles. The van der Waals surface area contributed by atoms with E-state index >= 15 is 0 Å². The fourth-order valence-electron chi connectivity index (χ4n) is 1.71. The largest absolute Gasteiger partial charge is 0.462 e. The Kier molecular flexibility index (Phi) is 3.72. The normalized spacial score (nSPS) is 28.2.